The zero-order valence-corrected chi connectivity index (χ0v) is 21.5. The fraction of sp³-hybridized carbons (Fsp3) is 0.125. The lowest BCUT2D eigenvalue weighted by Gasteiger charge is -2.12. The van der Waals surface area contributed by atoms with E-state index in [9.17, 15) is 0 Å². The van der Waals surface area contributed by atoms with Gasteiger partial charge in [-0.15, -0.1) is 0 Å². The first-order valence-corrected chi connectivity index (χ1v) is 12.1. The third kappa shape index (κ3) is 4.37. The van der Waals surface area contributed by atoms with Crippen molar-refractivity contribution >= 4 is 21.8 Å². The van der Waals surface area contributed by atoms with Crippen molar-refractivity contribution in [3.8, 4) is 52.4 Å². The van der Waals surface area contributed by atoms with Gasteiger partial charge >= 0.3 is 0 Å². The van der Waals surface area contributed by atoms with Gasteiger partial charge in [-0.3, -0.25) is 9.97 Å². The monoisotopic (exact) mass is 514 g/mol. The molecule has 0 amide bonds. The van der Waals surface area contributed by atoms with Crippen molar-refractivity contribution in [1.29, 1.82) is 0 Å². The minimum absolute atomic E-state index is 0.209. The Morgan fingerprint density at radius 1 is 0.641 bits per heavy atom. The summed E-state index contributed by atoms with van der Waals surface area (Å²) in [7, 11) is 4.72. The summed E-state index contributed by atoms with van der Waals surface area (Å²) in [6.07, 6.45) is 3.51. The quantitative estimate of drug-likeness (QED) is 0.238. The lowest BCUT2D eigenvalue weighted by Crippen LogP contribution is -1.96. The predicted molar refractivity (Wildman–Crippen MR) is 148 cm³/mol. The SMILES string of the molecule is COc1cc(C#Cc2c(C#Cc3ccc4c(c3)OCO4)c3cccnc3c3ncccc23)cc(OC)c1OC. The highest BCUT2D eigenvalue weighted by atomic mass is 16.7. The van der Waals surface area contributed by atoms with Crippen LogP contribution in [0.1, 0.15) is 22.3 Å². The molecule has 0 atom stereocenters. The summed E-state index contributed by atoms with van der Waals surface area (Å²) < 4.78 is 27.4. The molecule has 7 nitrogen and oxygen atoms in total. The van der Waals surface area contributed by atoms with Crippen molar-refractivity contribution in [3.63, 3.8) is 0 Å². The normalized spacial score (nSPS) is 11.4. The second kappa shape index (κ2) is 10.2. The molecule has 3 heterocycles. The summed E-state index contributed by atoms with van der Waals surface area (Å²) in [4.78, 5) is 9.27. The summed E-state index contributed by atoms with van der Waals surface area (Å²) in [5.41, 5.74) is 4.53. The van der Waals surface area contributed by atoms with Gasteiger partial charge in [-0.25, -0.2) is 0 Å². The first-order valence-electron chi connectivity index (χ1n) is 12.1. The molecule has 1 aliphatic rings. The Hall–Kier alpha value is -5.40. The average molecular weight is 515 g/mol. The van der Waals surface area contributed by atoms with E-state index in [1.165, 1.54) is 0 Å². The van der Waals surface area contributed by atoms with Crippen LogP contribution in [0.4, 0.5) is 0 Å². The van der Waals surface area contributed by atoms with E-state index in [0.717, 1.165) is 38.5 Å². The number of methoxy groups -OCH3 is 3. The van der Waals surface area contributed by atoms with E-state index in [1.807, 2.05) is 54.6 Å². The Labute approximate surface area is 225 Å². The third-order valence-electron chi connectivity index (χ3n) is 6.33. The van der Waals surface area contributed by atoms with Gasteiger partial charge in [0.2, 0.25) is 12.5 Å². The fourth-order valence-electron chi connectivity index (χ4n) is 4.52. The maximum atomic E-state index is 5.52. The Balaban J connectivity index is 1.58. The molecule has 0 fully saturated rings. The number of hydrogen-bond acceptors (Lipinski definition) is 7. The van der Waals surface area contributed by atoms with Crippen molar-refractivity contribution in [2.45, 2.75) is 0 Å². The smallest absolute Gasteiger partial charge is 0.231 e. The third-order valence-corrected chi connectivity index (χ3v) is 6.33. The molecular formula is C32H22N2O5. The van der Waals surface area contributed by atoms with E-state index in [2.05, 4.69) is 33.6 Å². The number of rotatable bonds is 3. The highest BCUT2D eigenvalue weighted by Crippen LogP contribution is 2.38. The van der Waals surface area contributed by atoms with Gasteiger partial charge in [0.15, 0.2) is 23.0 Å². The van der Waals surface area contributed by atoms with Crippen LogP contribution >= 0.6 is 0 Å². The predicted octanol–water partition coefficient (Wildman–Crippen LogP) is 5.34. The number of hydrogen-bond donors (Lipinski definition) is 0. The number of benzene rings is 3. The van der Waals surface area contributed by atoms with Crippen molar-refractivity contribution in [1.82, 2.24) is 9.97 Å². The van der Waals surface area contributed by atoms with E-state index >= 15 is 0 Å². The molecule has 0 N–H and O–H groups in total. The van der Waals surface area contributed by atoms with Crippen LogP contribution in [0.15, 0.2) is 67.0 Å². The summed E-state index contributed by atoms with van der Waals surface area (Å²) in [5, 5.41) is 1.73. The molecule has 0 unspecified atom stereocenters. The van der Waals surface area contributed by atoms with Crippen LogP contribution < -0.4 is 23.7 Å². The molecule has 3 aromatic carbocycles. The Bertz CT molecular complexity index is 1850. The molecule has 2 aromatic heterocycles. The molecule has 39 heavy (non-hydrogen) atoms. The van der Waals surface area contributed by atoms with Gasteiger partial charge in [0.25, 0.3) is 0 Å². The number of ether oxygens (including phenoxy) is 5. The van der Waals surface area contributed by atoms with Crippen molar-refractivity contribution in [3.05, 3.63) is 89.2 Å². The number of nitrogens with zero attached hydrogens (tertiary/aromatic N) is 2. The lowest BCUT2D eigenvalue weighted by molar-refractivity contribution is 0.174. The highest BCUT2D eigenvalue weighted by molar-refractivity contribution is 6.09. The molecule has 0 radical (unpaired) electrons. The summed E-state index contributed by atoms with van der Waals surface area (Å²) >= 11 is 0. The van der Waals surface area contributed by atoms with Crippen molar-refractivity contribution in [2.24, 2.45) is 0 Å². The second-order valence-corrected chi connectivity index (χ2v) is 8.53. The maximum absolute atomic E-state index is 5.52. The van der Waals surface area contributed by atoms with E-state index in [-0.39, 0.29) is 6.79 Å². The van der Waals surface area contributed by atoms with Crippen molar-refractivity contribution < 1.29 is 23.7 Å². The van der Waals surface area contributed by atoms with Crippen LogP contribution in [0.5, 0.6) is 28.7 Å². The first-order chi connectivity index (χ1) is 19.2. The lowest BCUT2D eigenvalue weighted by atomic mass is 9.96. The van der Waals surface area contributed by atoms with Crippen LogP contribution in [0, 0.1) is 23.7 Å². The van der Waals surface area contributed by atoms with Crippen LogP contribution in [0.2, 0.25) is 0 Å². The molecule has 0 saturated carbocycles. The maximum Gasteiger partial charge on any atom is 0.231 e. The molecular weight excluding hydrogens is 492 g/mol. The molecule has 0 aliphatic carbocycles. The van der Waals surface area contributed by atoms with Gasteiger partial charge in [-0.2, -0.15) is 0 Å². The summed E-state index contributed by atoms with van der Waals surface area (Å²) in [6, 6.07) is 17.0. The van der Waals surface area contributed by atoms with Crippen LogP contribution in [-0.4, -0.2) is 38.1 Å². The molecule has 0 bridgehead atoms. The van der Waals surface area contributed by atoms with Gasteiger partial charge in [0, 0.05) is 34.3 Å². The largest absolute Gasteiger partial charge is 0.493 e. The second-order valence-electron chi connectivity index (χ2n) is 8.53. The Morgan fingerprint density at radius 3 is 1.82 bits per heavy atom. The Morgan fingerprint density at radius 2 is 1.23 bits per heavy atom. The minimum atomic E-state index is 0.209. The molecule has 190 valence electrons. The van der Waals surface area contributed by atoms with Crippen molar-refractivity contribution in [2.75, 3.05) is 28.1 Å². The molecule has 5 aromatic rings. The Kier molecular flexibility index (Phi) is 6.24. The zero-order valence-electron chi connectivity index (χ0n) is 21.5. The number of pyridine rings is 2. The van der Waals surface area contributed by atoms with E-state index < -0.39 is 0 Å². The average Bonchev–Trinajstić information content (AvgIpc) is 3.46. The van der Waals surface area contributed by atoms with Gasteiger partial charge < -0.3 is 23.7 Å². The highest BCUT2D eigenvalue weighted by Gasteiger charge is 2.16. The summed E-state index contributed by atoms with van der Waals surface area (Å²) in [6.45, 7) is 0.209. The first kappa shape index (κ1) is 24.0. The fourth-order valence-corrected chi connectivity index (χ4v) is 4.52. The van der Waals surface area contributed by atoms with E-state index in [4.69, 9.17) is 23.7 Å². The van der Waals surface area contributed by atoms with Crippen LogP contribution in [0.25, 0.3) is 21.8 Å². The molecule has 0 spiro atoms. The molecule has 1 aliphatic heterocycles. The van der Waals surface area contributed by atoms with Gasteiger partial charge in [0.1, 0.15) is 0 Å². The van der Waals surface area contributed by atoms with E-state index in [0.29, 0.717) is 34.3 Å². The van der Waals surface area contributed by atoms with Gasteiger partial charge in [0.05, 0.1) is 43.5 Å². The minimum Gasteiger partial charge on any atom is -0.493 e. The number of aromatic nitrogens is 2. The topological polar surface area (TPSA) is 71.9 Å². The number of fused-ring (bicyclic) bond motifs is 4. The molecule has 6 rings (SSSR count). The van der Waals surface area contributed by atoms with Crippen LogP contribution in [-0.2, 0) is 0 Å². The molecule has 7 heteroatoms. The zero-order chi connectivity index (χ0) is 26.8. The summed E-state index contributed by atoms with van der Waals surface area (Å²) in [5.74, 6) is 16.2. The van der Waals surface area contributed by atoms with Crippen LogP contribution in [0.3, 0.4) is 0 Å². The molecule has 0 saturated heterocycles. The van der Waals surface area contributed by atoms with E-state index in [1.54, 1.807) is 33.7 Å². The standard InChI is InChI=1S/C32H22N2O5/c1-35-28-17-21(18-29(36-2)32(28)37-3)9-12-23-22(11-8-20-10-13-26-27(16-20)39-19-38-26)24-6-4-14-33-30(24)31-25(23)7-5-15-34-31/h4-7,10,13-18H,19H2,1-3H3. The van der Waals surface area contributed by atoms with Gasteiger partial charge in [-0.1, -0.05) is 23.7 Å². The van der Waals surface area contributed by atoms with Gasteiger partial charge in [-0.05, 0) is 54.6 Å².